The van der Waals surface area contributed by atoms with Gasteiger partial charge >= 0.3 is 0 Å². The van der Waals surface area contributed by atoms with Gasteiger partial charge in [-0.1, -0.05) is 26.2 Å². The Balaban J connectivity index is 1.62. The molecule has 1 aliphatic rings. The Bertz CT molecular complexity index is 480. The summed E-state index contributed by atoms with van der Waals surface area (Å²) >= 11 is 0. The molecule has 1 fully saturated rings. The molecule has 5 heteroatoms. The standard InChI is InChI=1S/C18H33N5/c1-4-16-8-7-9-17(14-16)22-18(19-3)21-10-5-6-12-23-13-11-20-15(23)2/h11,13,16-17H,4-10,12,14H2,1-3H3,(H2,19,21,22). The van der Waals surface area contributed by atoms with E-state index < -0.39 is 0 Å². The molecule has 0 aromatic carbocycles. The van der Waals surface area contributed by atoms with Gasteiger partial charge in [0.25, 0.3) is 0 Å². The Labute approximate surface area is 141 Å². The second-order valence-electron chi connectivity index (χ2n) is 6.66. The summed E-state index contributed by atoms with van der Waals surface area (Å²) in [5.74, 6) is 2.95. The lowest BCUT2D eigenvalue weighted by Gasteiger charge is -2.30. The summed E-state index contributed by atoms with van der Waals surface area (Å²) in [6, 6.07) is 0.591. The summed E-state index contributed by atoms with van der Waals surface area (Å²) < 4.78 is 2.21. The van der Waals surface area contributed by atoms with Gasteiger partial charge in [-0.05, 0) is 38.5 Å². The Kier molecular flexibility index (Phi) is 7.43. The molecule has 23 heavy (non-hydrogen) atoms. The van der Waals surface area contributed by atoms with Crippen molar-refractivity contribution in [2.75, 3.05) is 13.6 Å². The number of aromatic nitrogens is 2. The summed E-state index contributed by atoms with van der Waals surface area (Å²) in [6.45, 7) is 6.37. The second kappa shape index (κ2) is 9.58. The first kappa shape index (κ1) is 17.8. The van der Waals surface area contributed by atoms with Crippen LogP contribution in [0.3, 0.4) is 0 Å². The van der Waals surface area contributed by atoms with Crippen molar-refractivity contribution >= 4 is 5.96 Å². The van der Waals surface area contributed by atoms with Crippen LogP contribution in [0, 0.1) is 12.8 Å². The van der Waals surface area contributed by atoms with Crippen LogP contribution < -0.4 is 10.6 Å². The van der Waals surface area contributed by atoms with Gasteiger partial charge in [-0.2, -0.15) is 0 Å². The first-order chi connectivity index (χ1) is 11.2. The highest BCUT2D eigenvalue weighted by atomic mass is 15.2. The highest BCUT2D eigenvalue weighted by Crippen LogP contribution is 2.26. The van der Waals surface area contributed by atoms with Crippen molar-refractivity contribution in [2.24, 2.45) is 10.9 Å². The van der Waals surface area contributed by atoms with Crippen molar-refractivity contribution in [2.45, 2.75) is 71.4 Å². The molecule has 1 aliphatic carbocycles. The summed E-state index contributed by atoms with van der Waals surface area (Å²) in [6.07, 6.45) is 12.8. The smallest absolute Gasteiger partial charge is 0.191 e. The fourth-order valence-electron chi connectivity index (χ4n) is 3.43. The molecule has 0 radical (unpaired) electrons. The van der Waals surface area contributed by atoms with Gasteiger partial charge in [0, 0.05) is 38.6 Å². The minimum absolute atomic E-state index is 0.591. The Hall–Kier alpha value is -1.52. The number of aryl methyl sites for hydroxylation is 2. The number of nitrogens with one attached hydrogen (secondary N) is 2. The fourth-order valence-corrected chi connectivity index (χ4v) is 3.43. The van der Waals surface area contributed by atoms with E-state index in [4.69, 9.17) is 0 Å². The summed E-state index contributed by atoms with van der Waals surface area (Å²) in [5, 5.41) is 7.07. The number of rotatable bonds is 7. The molecule has 0 bridgehead atoms. The zero-order chi connectivity index (χ0) is 16.5. The van der Waals surface area contributed by atoms with Crippen LogP contribution in [0.5, 0.6) is 0 Å². The predicted molar refractivity (Wildman–Crippen MR) is 96.7 cm³/mol. The number of hydrogen-bond donors (Lipinski definition) is 2. The molecule has 1 aromatic heterocycles. The second-order valence-corrected chi connectivity index (χ2v) is 6.66. The maximum atomic E-state index is 4.37. The SMILES string of the molecule is CCC1CCCC(NC(=NC)NCCCCn2ccnc2C)C1. The van der Waals surface area contributed by atoms with E-state index >= 15 is 0 Å². The molecule has 0 amide bonds. The van der Waals surface area contributed by atoms with Crippen LogP contribution in [0.4, 0.5) is 0 Å². The van der Waals surface area contributed by atoms with Gasteiger partial charge in [0.1, 0.15) is 5.82 Å². The van der Waals surface area contributed by atoms with Crippen molar-refractivity contribution in [1.82, 2.24) is 20.2 Å². The maximum absolute atomic E-state index is 4.37. The molecule has 2 atom stereocenters. The van der Waals surface area contributed by atoms with Crippen molar-refractivity contribution in [1.29, 1.82) is 0 Å². The highest BCUT2D eigenvalue weighted by molar-refractivity contribution is 5.79. The molecule has 2 N–H and O–H groups in total. The highest BCUT2D eigenvalue weighted by Gasteiger charge is 2.21. The minimum Gasteiger partial charge on any atom is -0.356 e. The van der Waals surface area contributed by atoms with E-state index in [1.165, 1.54) is 32.1 Å². The van der Waals surface area contributed by atoms with Crippen LogP contribution in [0.1, 0.15) is 57.7 Å². The Morgan fingerprint density at radius 2 is 2.26 bits per heavy atom. The first-order valence-corrected chi connectivity index (χ1v) is 9.17. The Morgan fingerprint density at radius 1 is 1.39 bits per heavy atom. The van der Waals surface area contributed by atoms with Gasteiger partial charge in [0.15, 0.2) is 5.96 Å². The third-order valence-corrected chi connectivity index (χ3v) is 4.97. The lowest BCUT2D eigenvalue weighted by atomic mass is 9.84. The van der Waals surface area contributed by atoms with Gasteiger partial charge in [0.2, 0.25) is 0 Å². The molecular formula is C18H33N5. The largest absolute Gasteiger partial charge is 0.356 e. The van der Waals surface area contributed by atoms with Gasteiger partial charge in [0.05, 0.1) is 0 Å². The average Bonchev–Trinajstić information content (AvgIpc) is 2.98. The van der Waals surface area contributed by atoms with Gasteiger partial charge in [-0.3, -0.25) is 4.99 Å². The van der Waals surface area contributed by atoms with Crippen molar-refractivity contribution in [3.05, 3.63) is 18.2 Å². The van der Waals surface area contributed by atoms with Crippen molar-refractivity contribution < 1.29 is 0 Å². The number of guanidine groups is 1. The quantitative estimate of drug-likeness (QED) is 0.461. The van der Waals surface area contributed by atoms with Crippen LogP contribution in [0.25, 0.3) is 0 Å². The topological polar surface area (TPSA) is 54.2 Å². The number of unbranched alkanes of at least 4 members (excludes halogenated alkanes) is 1. The molecule has 1 aromatic rings. The van der Waals surface area contributed by atoms with E-state index in [0.717, 1.165) is 43.6 Å². The number of imidazole rings is 1. The van der Waals surface area contributed by atoms with Crippen LogP contribution in [-0.4, -0.2) is 35.1 Å². The molecule has 0 aliphatic heterocycles. The van der Waals surface area contributed by atoms with Gasteiger partial charge in [-0.25, -0.2) is 4.98 Å². The molecule has 0 saturated heterocycles. The van der Waals surface area contributed by atoms with Crippen LogP contribution >= 0.6 is 0 Å². The lowest BCUT2D eigenvalue weighted by Crippen LogP contribution is -2.45. The molecule has 130 valence electrons. The van der Waals surface area contributed by atoms with Gasteiger partial charge < -0.3 is 15.2 Å². The summed E-state index contributed by atoms with van der Waals surface area (Å²) in [4.78, 5) is 8.63. The number of hydrogen-bond acceptors (Lipinski definition) is 2. The zero-order valence-corrected chi connectivity index (χ0v) is 15.0. The van der Waals surface area contributed by atoms with E-state index in [1.807, 2.05) is 13.2 Å². The fraction of sp³-hybridized carbons (Fsp3) is 0.778. The summed E-state index contributed by atoms with van der Waals surface area (Å²) in [7, 11) is 1.87. The lowest BCUT2D eigenvalue weighted by molar-refractivity contribution is 0.298. The molecule has 1 heterocycles. The van der Waals surface area contributed by atoms with Gasteiger partial charge in [-0.15, -0.1) is 0 Å². The maximum Gasteiger partial charge on any atom is 0.191 e. The molecule has 5 nitrogen and oxygen atoms in total. The van der Waals surface area contributed by atoms with Crippen molar-refractivity contribution in [3.8, 4) is 0 Å². The monoisotopic (exact) mass is 319 g/mol. The average molecular weight is 319 g/mol. The van der Waals surface area contributed by atoms with E-state index in [9.17, 15) is 0 Å². The number of aliphatic imine (C=N–C) groups is 1. The Morgan fingerprint density at radius 3 is 2.96 bits per heavy atom. The van der Waals surface area contributed by atoms with E-state index in [-0.39, 0.29) is 0 Å². The van der Waals surface area contributed by atoms with E-state index in [1.54, 1.807) is 0 Å². The molecule has 1 saturated carbocycles. The zero-order valence-electron chi connectivity index (χ0n) is 15.0. The van der Waals surface area contributed by atoms with Crippen LogP contribution in [-0.2, 0) is 6.54 Å². The van der Waals surface area contributed by atoms with Crippen molar-refractivity contribution in [3.63, 3.8) is 0 Å². The van der Waals surface area contributed by atoms with Crippen LogP contribution in [0.2, 0.25) is 0 Å². The molecular weight excluding hydrogens is 286 g/mol. The van der Waals surface area contributed by atoms with E-state index in [2.05, 4.69) is 45.2 Å². The molecule has 2 rings (SSSR count). The molecule has 2 unspecified atom stereocenters. The third kappa shape index (κ3) is 5.88. The van der Waals surface area contributed by atoms with E-state index in [0.29, 0.717) is 6.04 Å². The minimum atomic E-state index is 0.591. The predicted octanol–water partition coefficient (Wildman–Crippen LogP) is 3.11. The normalized spacial score (nSPS) is 22.1. The first-order valence-electron chi connectivity index (χ1n) is 9.17. The number of nitrogens with zero attached hydrogens (tertiary/aromatic N) is 3. The third-order valence-electron chi connectivity index (χ3n) is 4.97. The molecule has 0 spiro atoms. The van der Waals surface area contributed by atoms with Crippen LogP contribution in [0.15, 0.2) is 17.4 Å². The summed E-state index contributed by atoms with van der Waals surface area (Å²) in [5.41, 5.74) is 0.